The minimum absolute atomic E-state index is 0.0320. The van der Waals surface area contributed by atoms with Crippen molar-refractivity contribution in [3.05, 3.63) is 78.0 Å². The molecule has 2 aromatic carbocycles. The van der Waals surface area contributed by atoms with Crippen LogP contribution in [0.2, 0.25) is 0 Å². The number of aliphatic imine (C=N–C) groups is 1. The van der Waals surface area contributed by atoms with E-state index in [-0.39, 0.29) is 11.4 Å². The monoisotopic (exact) mass is 433 g/mol. The van der Waals surface area contributed by atoms with Crippen molar-refractivity contribution in [3.63, 3.8) is 0 Å². The number of para-hydroxylation sites is 1. The Balaban J connectivity index is 1.67. The highest BCUT2D eigenvalue weighted by Gasteiger charge is 2.31. The number of benzene rings is 2. The van der Waals surface area contributed by atoms with Crippen LogP contribution >= 0.6 is 0 Å². The van der Waals surface area contributed by atoms with Crippen LogP contribution in [0.15, 0.2) is 77.4 Å². The molecule has 0 unspecified atom stereocenters. The minimum Gasteiger partial charge on any atom is -0.345 e. The lowest BCUT2D eigenvalue weighted by atomic mass is 10.2. The summed E-state index contributed by atoms with van der Waals surface area (Å²) in [7, 11) is 0. The van der Waals surface area contributed by atoms with Gasteiger partial charge < -0.3 is 4.84 Å². The lowest BCUT2D eigenvalue weighted by Crippen LogP contribution is -2.47. The van der Waals surface area contributed by atoms with Crippen molar-refractivity contribution in [3.8, 4) is 0 Å². The Bertz CT molecular complexity index is 1050. The first-order chi connectivity index (χ1) is 15.6. The number of hydrazine groups is 2. The highest BCUT2D eigenvalue weighted by Crippen LogP contribution is 2.21. The van der Waals surface area contributed by atoms with E-state index >= 15 is 0 Å². The van der Waals surface area contributed by atoms with Crippen LogP contribution in [0.4, 0.5) is 5.69 Å². The zero-order valence-corrected chi connectivity index (χ0v) is 17.4. The Morgan fingerprint density at radius 3 is 2.31 bits per heavy atom. The van der Waals surface area contributed by atoms with Crippen molar-refractivity contribution in [1.82, 2.24) is 16.0 Å². The van der Waals surface area contributed by atoms with Gasteiger partial charge in [0, 0.05) is 24.7 Å². The fourth-order valence-electron chi connectivity index (χ4n) is 3.41. The molecular weight excluding hydrogens is 410 g/mol. The summed E-state index contributed by atoms with van der Waals surface area (Å²) in [6.07, 6.45) is 4.30. The van der Waals surface area contributed by atoms with E-state index in [0.29, 0.717) is 24.3 Å². The van der Waals surface area contributed by atoms with Gasteiger partial charge in [-0.1, -0.05) is 48.4 Å². The average molecular weight is 433 g/mol. The van der Waals surface area contributed by atoms with Crippen molar-refractivity contribution in [2.24, 2.45) is 4.99 Å². The Morgan fingerprint density at radius 2 is 1.62 bits per heavy atom. The highest BCUT2D eigenvalue weighted by atomic mass is 16.7. The summed E-state index contributed by atoms with van der Waals surface area (Å²) >= 11 is 0. The van der Waals surface area contributed by atoms with Gasteiger partial charge in [-0.15, -0.1) is 0 Å². The second-order valence-corrected chi connectivity index (χ2v) is 7.34. The van der Waals surface area contributed by atoms with E-state index in [2.05, 4.69) is 16.0 Å². The highest BCUT2D eigenvalue weighted by molar-refractivity contribution is 6.45. The molecule has 2 aromatic rings. The second kappa shape index (κ2) is 9.99. The van der Waals surface area contributed by atoms with Crippen LogP contribution in [0.5, 0.6) is 0 Å². The summed E-state index contributed by atoms with van der Waals surface area (Å²) in [5.74, 6) is -1.85. The van der Waals surface area contributed by atoms with E-state index in [1.54, 1.807) is 59.6 Å². The van der Waals surface area contributed by atoms with Crippen LogP contribution in [-0.4, -0.2) is 41.6 Å². The number of anilines is 1. The molecule has 2 saturated heterocycles. The van der Waals surface area contributed by atoms with E-state index in [1.807, 2.05) is 6.07 Å². The molecule has 2 fully saturated rings. The van der Waals surface area contributed by atoms with E-state index < -0.39 is 17.8 Å². The van der Waals surface area contributed by atoms with Gasteiger partial charge >= 0.3 is 5.97 Å². The normalized spacial score (nSPS) is 18.5. The number of piperidine rings is 1. The summed E-state index contributed by atoms with van der Waals surface area (Å²) < 4.78 is 0. The predicted molar refractivity (Wildman–Crippen MR) is 118 cm³/mol. The van der Waals surface area contributed by atoms with Crippen molar-refractivity contribution in [2.45, 2.75) is 19.3 Å². The molecule has 2 aliphatic heterocycles. The first-order valence-electron chi connectivity index (χ1n) is 10.4. The van der Waals surface area contributed by atoms with Gasteiger partial charge in [0.2, 0.25) is 0 Å². The smallest absolute Gasteiger partial charge is 0.345 e. The van der Waals surface area contributed by atoms with Gasteiger partial charge in [0.1, 0.15) is 5.71 Å². The number of hydrogen-bond donors (Lipinski definition) is 2. The van der Waals surface area contributed by atoms with Gasteiger partial charge in [-0.05, 0) is 37.1 Å². The number of hydrogen-bond acceptors (Lipinski definition) is 7. The zero-order valence-electron chi connectivity index (χ0n) is 17.4. The second-order valence-electron chi connectivity index (χ2n) is 7.34. The standard InChI is InChI=1S/C23H23N5O4/c29-21(17-10-4-1-5-11-17)24-19(22(30)25-27-14-8-3-9-15-27)16-20-23(31)32-26-28(20)18-12-6-2-7-13-18/h1-2,4-7,10-13,16,26H,3,8-9,14-15H2,(H,25,30)/b20-16+,24-19?. The first kappa shape index (κ1) is 21.4. The molecule has 9 heteroatoms. The molecule has 4 rings (SSSR count). The number of nitrogens with one attached hydrogen (secondary N) is 2. The van der Waals surface area contributed by atoms with E-state index in [9.17, 15) is 14.4 Å². The van der Waals surface area contributed by atoms with Crippen LogP contribution in [0.1, 0.15) is 29.6 Å². The van der Waals surface area contributed by atoms with Gasteiger partial charge in [-0.25, -0.2) is 19.8 Å². The molecule has 0 aliphatic carbocycles. The molecule has 32 heavy (non-hydrogen) atoms. The van der Waals surface area contributed by atoms with Crippen molar-refractivity contribution < 1.29 is 19.2 Å². The third-order valence-corrected chi connectivity index (χ3v) is 5.06. The zero-order chi connectivity index (χ0) is 22.3. The van der Waals surface area contributed by atoms with Crippen molar-refractivity contribution in [1.29, 1.82) is 0 Å². The number of rotatable bonds is 5. The largest absolute Gasteiger partial charge is 0.376 e. The van der Waals surface area contributed by atoms with Gasteiger partial charge in [0.25, 0.3) is 11.8 Å². The van der Waals surface area contributed by atoms with Gasteiger partial charge in [-0.2, -0.15) is 0 Å². The Hall–Kier alpha value is -3.82. The summed E-state index contributed by atoms with van der Waals surface area (Å²) in [4.78, 5) is 47.1. The Morgan fingerprint density at radius 1 is 0.969 bits per heavy atom. The maximum Gasteiger partial charge on any atom is 0.376 e. The number of carbonyl (C=O) groups is 3. The molecule has 164 valence electrons. The van der Waals surface area contributed by atoms with Crippen LogP contribution in [0.25, 0.3) is 0 Å². The third-order valence-electron chi connectivity index (χ3n) is 5.06. The fraction of sp³-hybridized carbons (Fsp3) is 0.217. The molecule has 9 nitrogen and oxygen atoms in total. The van der Waals surface area contributed by atoms with Crippen LogP contribution in [0.3, 0.4) is 0 Å². The van der Waals surface area contributed by atoms with Crippen molar-refractivity contribution >= 4 is 29.2 Å². The third kappa shape index (κ3) is 5.08. The molecule has 0 aromatic heterocycles. The summed E-state index contributed by atoms with van der Waals surface area (Å²) in [5.41, 5.74) is 6.10. The van der Waals surface area contributed by atoms with Crippen molar-refractivity contribution in [2.75, 3.05) is 18.1 Å². The molecule has 0 radical (unpaired) electrons. The molecule has 0 saturated carbocycles. The Kier molecular flexibility index (Phi) is 6.69. The first-order valence-corrected chi connectivity index (χ1v) is 10.4. The van der Waals surface area contributed by atoms with Gasteiger partial charge in [0.05, 0.1) is 5.69 Å². The van der Waals surface area contributed by atoms with Gasteiger partial charge in [-0.3, -0.25) is 15.0 Å². The predicted octanol–water partition coefficient (Wildman–Crippen LogP) is 2.15. The average Bonchev–Trinajstić information content (AvgIpc) is 3.20. The summed E-state index contributed by atoms with van der Waals surface area (Å²) in [5, 5.41) is 3.19. The molecule has 0 bridgehead atoms. The maximum atomic E-state index is 13.0. The molecule has 2 aliphatic rings. The lowest BCUT2D eigenvalue weighted by Gasteiger charge is -2.26. The number of nitrogens with zero attached hydrogens (tertiary/aromatic N) is 3. The summed E-state index contributed by atoms with van der Waals surface area (Å²) in [6, 6.07) is 17.4. The Labute approximate surface area is 185 Å². The molecule has 0 spiro atoms. The number of carbonyl (C=O) groups excluding carboxylic acids is 3. The SMILES string of the molecule is O=C(NN1CCCCC1)C(/C=C1\C(=O)ONN1c1ccccc1)=NC(=O)c1ccccc1. The van der Waals surface area contributed by atoms with E-state index in [1.165, 1.54) is 11.1 Å². The quantitative estimate of drug-likeness (QED) is 0.550. The lowest BCUT2D eigenvalue weighted by molar-refractivity contribution is -0.140. The molecule has 2 N–H and O–H groups in total. The molecule has 0 atom stereocenters. The van der Waals surface area contributed by atoms with E-state index in [0.717, 1.165) is 19.3 Å². The maximum absolute atomic E-state index is 13.0. The van der Waals surface area contributed by atoms with Crippen LogP contribution < -0.4 is 16.0 Å². The van der Waals surface area contributed by atoms with Crippen LogP contribution in [-0.2, 0) is 14.4 Å². The molecule has 2 heterocycles. The number of amides is 2. The van der Waals surface area contributed by atoms with Gasteiger partial charge in [0.15, 0.2) is 5.70 Å². The summed E-state index contributed by atoms with van der Waals surface area (Å²) in [6.45, 7) is 1.42. The topological polar surface area (TPSA) is 103 Å². The fourth-order valence-corrected chi connectivity index (χ4v) is 3.41. The van der Waals surface area contributed by atoms with Crippen LogP contribution in [0, 0.1) is 0 Å². The molecule has 2 amide bonds. The molecular formula is C23H23N5O4. The minimum atomic E-state index is -0.695. The van der Waals surface area contributed by atoms with E-state index in [4.69, 9.17) is 4.84 Å².